The highest BCUT2D eigenvalue weighted by atomic mass is 16.5. The molecule has 0 aliphatic rings. The quantitative estimate of drug-likeness (QED) is 0.449. The van der Waals surface area contributed by atoms with Crippen LogP contribution in [0.15, 0.2) is 24.3 Å². The molecule has 0 aromatic heterocycles. The summed E-state index contributed by atoms with van der Waals surface area (Å²) < 4.78 is 5.62. The average Bonchev–Trinajstić information content (AvgIpc) is 2.49. The molecule has 0 aliphatic heterocycles. The smallest absolute Gasteiger partial charge is 0.423 e. The van der Waals surface area contributed by atoms with Crippen molar-refractivity contribution in [2.24, 2.45) is 0 Å². The topological polar surface area (TPSA) is 82.0 Å². The van der Waals surface area contributed by atoms with Crippen molar-refractivity contribution in [3.05, 3.63) is 29.8 Å². The minimum absolute atomic E-state index is 0.186. The number of hydrogen-bond acceptors (Lipinski definition) is 5. The van der Waals surface area contributed by atoms with E-state index in [1.807, 2.05) is 14.1 Å². The summed E-state index contributed by atoms with van der Waals surface area (Å²) in [6.07, 6.45) is 0.865. The highest BCUT2D eigenvalue weighted by molar-refractivity contribution is 6.60. The lowest BCUT2D eigenvalue weighted by atomic mass is 9.76. The van der Waals surface area contributed by atoms with E-state index in [2.05, 4.69) is 10.2 Å². The Kier molecular flexibility index (Phi) is 7.62. The number of rotatable bonds is 9. The average molecular weight is 350 g/mol. The number of benzene rings is 1. The molecule has 0 saturated heterocycles. The van der Waals surface area contributed by atoms with Gasteiger partial charge >= 0.3 is 7.12 Å². The number of carbonyl (C=O) groups excluding carboxylic acids is 1. The Hall–Kier alpha value is -1.41. The molecule has 3 N–H and O–H groups in total. The third kappa shape index (κ3) is 6.78. The van der Waals surface area contributed by atoms with E-state index in [0.29, 0.717) is 17.6 Å². The zero-order chi connectivity index (χ0) is 19.3. The van der Waals surface area contributed by atoms with Crippen LogP contribution in [0.1, 0.15) is 44.5 Å². The molecule has 0 fully saturated rings. The third-order valence-electron chi connectivity index (χ3n) is 4.38. The maximum atomic E-state index is 12.2. The van der Waals surface area contributed by atoms with Crippen molar-refractivity contribution in [2.75, 3.05) is 27.2 Å². The molecule has 0 heterocycles. The van der Waals surface area contributed by atoms with Gasteiger partial charge in [0.15, 0.2) is 0 Å². The predicted octanol–water partition coefficient (Wildman–Crippen LogP) is 0.622. The van der Waals surface area contributed by atoms with Crippen LogP contribution in [0.3, 0.4) is 0 Å². The summed E-state index contributed by atoms with van der Waals surface area (Å²) in [6, 6.07) is 6.69. The number of nitrogens with zero attached hydrogens (tertiary/aromatic N) is 1. The number of carbonyl (C=O) groups is 1. The van der Waals surface area contributed by atoms with Gasteiger partial charge in [-0.05, 0) is 72.4 Å². The molecule has 25 heavy (non-hydrogen) atoms. The molecule has 1 rings (SSSR count). The monoisotopic (exact) mass is 350 g/mol. The molecule has 1 aromatic carbocycles. The van der Waals surface area contributed by atoms with Crippen molar-refractivity contribution in [3.8, 4) is 0 Å². The van der Waals surface area contributed by atoms with Crippen molar-refractivity contribution in [1.29, 1.82) is 0 Å². The van der Waals surface area contributed by atoms with Crippen molar-refractivity contribution in [3.63, 3.8) is 0 Å². The van der Waals surface area contributed by atoms with E-state index in [1.54, 1.807) is 52.0 Å². The lowest BCUT2D eigenvalue weighted by molar-refractivity contribution is -0.0982. The van der Waals surface area contributed by atoms with Gasteiger partial charge in [0.25, 0.3) is 5.91 Å². The molecule has 0 atom stereocenters. The van der Waals surface area contributed by atoms with Gasteiger partial charge < -0.3 is 25.0 Å². The lowest BCUT2D eigenvalue weighted by Crippen LogP contribution is -2.53. The fourth-order valence-electron chi connectivity index (χ4n) is 2.02. The molecule has 0 saturated carbocycles. The van der Waals surface area contributed by atoms with Gasteiger partial charge in [0.05, 0.1) is 11.2 Å². The molecule has 0 radical (unpaired) electrons. The number of amides is 1. The molecule has 6 nitrogen and oxygen atoms in total. The fourth-order valence-corrected chi connectivity index (χ4v) is 2.02. The molecule has 0 unspecified atom stereocenters. The maximum absolute atomic E-state index is 12.2. The van der Waals surface area contributed by atoms with E-state index in [4.69, 9.17) is 4.65 Å². The van der Waals surface area contributed by atoms with Crippen LogP contribution in [0.5, 0.6) is 0 Å². The first kappa shape index (κ1) is 21.6. The highest BCUT2D eigenvalue weighted by Crippen LogP contribution is 2.25. The second-order valence-corrected chi connectivity index (χ2v) is 7.58. The standard InChI is InChI=1S/C18H31BN2O4/c1-17(2,23)18(3,4)25-19(24)15-10-7-9-14(13-15)16(22)20-11-8-12-21(5)6/h7,9-10,13,23-24H,8,11-12H2,1-6H3,(H,20,22). The Morgan fingerprint density at radius 3 is 2.48 bits per heavy atom. The summed E-state index contributed by atoms with van der Waals surface area (Å²) >= 11 is 0. The lowest BCUT2D eigenvalue weighted by Gasteiger charge is -2.38. The zero-order valence-corrected chi connectivity index (χ0v) is 16.2. The van der Waals surface area contributed by atoms with Gasteiger partial charge in [0.2, 0.25) is 0 Å². The molecule has 7 heteroatoms. The van der Waals surface area contributed by atoms with E-state index in [-0.39, 0.29) is 5.91 Å². The SMILES string of the molecule is CN(C)CCCNC(=O)c1cccc(B(O)OC(C)(C)C(C)(C)O)c1. The second-order valence-electron chi connectivity index (χ2n) is 7.58. The molecule has 0 spiro atoms. The van der Waals surface area contributed by atoms with Crippen LogP contribution in [0.25, 0.3) is 0 Å². The van der Waals surface area contributed by atoms with E-state index >= 15 is 0 Å². The van der Waals surface area contributed by atoms with E-state index in [9.17, 15) is 14.9 Å². The van der Waals surface area contributed by atoms with Gasteiger partial charge in [0.1, 0.15) is 0 Å². The predicted molar refractivity (Wildman–Crippen MR) is 101 cm³/mol. The van der Waals surface area contributed by atoms with Crippen LogP contribution >= 0.6 is 0 Å². The Morgan fingerprint density at radius 1 is 1.28 bits per heavy atom. The summed E-state index contributed by atoms with van der Waals surface area (Å²) in [6.45, 7) is 8.15. The molecule has 0 bridgehead atoms. The van der Waals surface area contributed by atoms with Crippen molar-refractivity contribution >= 4 is 18.5 Å². The van der Waals surface area contributed by atoms with Gasteiger partial charge in [-0.2, -0.15) is 0 Å². The normalized spacial score (nSPS) is 12.4. The second kappa shape index (κ2) is 8.80. The van der Waals surface area contributed by atoms with Crippen molar-refractivity contribution in [2.45, 2.75) is 45.3 Å². The third-order valence-corrected chi connectivity index (χ3v) is 4.38. The molecule has 0 aliphatic carbocycles. The Labute approximate surface area is 151 Å². The minimum Gasteiger partial charge on any atom is -0.423 e. The minimum atomic E-state index is -1.23. The van der Waals surface area contributed by atoms with Crippen LogP contribution in [0.4, 0.5) is 0 Å². The molecular weight excluding hydrogens is 319 g/mol. The Bertz CT molecular complexity index is 570. The number of aliphatic hydroxyl groups is 1. The Balaban J connectivity index is 2.72. The molecule has 1 amide bonds. The highest BCUT2D eigenvalue weighted by Gasteiger charge is 2.39. The van der Waals surface area contributed by atoms with Crippen molar-refractivity contribution < 1.29 is 19.6 Å². The van der Waals surface area contributed by atoms with Crippen LogP contribution < -0.4 is 10.8 Å². The zero-order valence-electron chi connectivity index (χ0n) is 16.2. The summed E-state index contributed by atoms with van der Waals surface area (Å²) in [4.78, 5) is 14.3. The maximum Gasteiger partial charge on any atom is 0.491 e. The number of hydrogen-bond donors (Lipinski definition) is 3. The van der Waals surface area contributed by atoms with Crippen LogP contribution in [0.2, 0.25) is 0 Å². The van der Waals surface area contributed by atoms with Crippen LogP contribution in [-0.2, 0) is 4.65 Å². The van der Waals surface area contributed by atoms with Crippen molar-refractivity contribution in [1.82, 2.24) is 10.2 Å². The first-order valence-electron chi connectivity index (χ1n) is 8.55. The summed E-state index contributed by atoms with van der Waals surface area (Å²) in [5.41, 5.74) is -1.16. The first-order valence-corrected chi connectivity index (χ1v) is 8.55. The van der Waals surface area contributed by atoms with Crippen LogP contribution in [-0.4, -0.2) is 66.4 Å². The first-order chi connectivity index (χ1) is 11.4. The van der Waals surface area contributed by atoms with Crippen LogP contribution in [0, 0.1) is 0 Å². The van der Waals surface area contributed by atoms with Gasteiger partial charge in [-0.25, -0.2) is 0 Å². The van der Waals surface area contributed by atoms with E-state index in [1.165, 1.54) is 0 Å². The van der Waals surface area contributed by atoms with E-state index in [0.717, 1.165) is 13.0 Å². The molecule has 1 aromatic rings. The summed E-state index contributed by atoms with van der Waals surface area (Å²) in [5.74, 6) is -0.186. The summed E-state index contributed by atoms with van der Waals surface area (Å²) in [5, 5.41) is 23.3. The van der Waals surface area contributed by atoms with E-state index < -0.39 is 18.3 Å². The molecule has 140 valence electrons. The van der Waals surface area contributed by atoms with Gasteiger partial charge in [-0.1, -0.05) is 12.1 Å². The summed E-state index contributed by atoms with van der Waals surface area (Å²) in [7, 11) is 2.74. The fraction of sp³-hybridized carbons (Fsp3) is 0.611. The Morgan fingerprint density at radius 2 is 1.92 bits per heavy atom. The molecular formula is C18H31BN2O4. The largest absolute Gasteiger partial charge is 0.491 e. The van der Waals surface area contributed by atoms with Gasteiger partial charge in [0, 0.05) is 12.1 Å². The number of nitrogens with one attached hydrogen (secondary N) is 1. The van der Waals surface area contributed by atoms with Gasteiger partial charge in [-0.15, -0.1) is 0 Å². The van der Waals surface area contributed by atoms with Gasteiger partial charge in [-0.3, -0.25) is 4.79 Å².